The molecule has 1 aromatic carbocycles. The van der Waals surface area contributed by atoms with Gasteiger partial charge in [0.2, 0.25) is 0 Å². The fourth-order valence-electron chi connectivity index (χ4n) is 3.92. The first kappa shape index (κ1) is 21.2. The van der Waals surface area contributed by atoms with Crippen molar-refractivity contribution in [3.05, 3.63) is 53.1 Å². The highest BCUT2D eigenvalue weighted by atomic mass is 19.1. The fourth-order valence-corrected chi connectivity index (χ4v) is 3.92. The molecular weight excluding hydrogens is 375 g/mol. The van der Waals surface area contributed by atoms with E-state index < -0.39 is 24.6 Å². The largest absolute Gasteiger partial charge is 0.481 e. The summed E-state index contributed by atoms with van der Waals surface area (Å²) in [7, 11) is 0. The predicted octanol–water partition coefficient (Wildman–Crippen LogP) is 3.44. The van der Waals surface area contributed by atoms with Crippen molar-refractivity contribution in [3.8, 4) is 5.69 Å². The topological polar surface area (TPSA) is 95.6 Å². The minimum Gasteiger partial charge on any atom is -0.481 e. The summed E-state index contributed by atoms with van der Waals surface area (Å²) in [5.74, 6) is -1.06. The van der Waals surface area contributed by atoms with Gasteiger partial charge in [0, 0.05) is 17.9 Å². The molecule has 0 radical (unpaired) electrons. The first-order valence-electron chi connectivity index (χ1n) is 10.0. The van der Waals surface area contributed by atoms with E-state index in [4.69, 9.17) is 10.2 Å². The van der Waals surface area contributed by atoms with Gasteiger partial charge in [-0.15, -0.1) is 0 Å². The van der Waals surface area contributed by atoms with Crippen molar-refractivity contribution in [1.82, 2.24) is 9.78 Å². The highest BCUT2D eigenvalue weighted by Gasteiger charge is 2.26. The molecule has 1 aliphatic carbocycles. The third-order valence-corrected chi connectivity index (χ3v) is 5.38. The van der Waals surface area contributed by atoms with Crippen molar-refractivity contribution in [2.24, 2.45) is 0 Å². The van der Waals surface area contributed by atoms with E-state index in [1.54, 1.807) is 29.0 Å². The molecule has 6 nitrogen and oxygen atoms in total. The quantitative estimate of drug-likeness (QED) is 0.629. The maximum atomic E-state index is 13.4. The van der Waals surface area contributed by atoms with Crippen LogP contribution < -0.4 is 0 Å². The average molecular weight is 402 g/mol. The van der Waals surface area contributed by atoms with E-state index in [2.05, 4.69) is 6.92 Å². The van der Waals surface area contributed by atoms with Crippen LogP contribution in [0.3, 0.4) is 0 Å². The van der Waals surface area contributed by atoms with Gasteiger partial charge in [-0.25, -0.2) is 9.07 Å². The number of aliphatic hydroxyl groups excluding tert-OH is 2. The highest BCUT2D eigenvalue weighted by Crippen LogP contribution is 2.36. The number of hydrogen-bond donors (Lipinski definition) is 3. The minimum atomic E-state index is -1.12. The van der Waals surface area contributed by atoms with E-state index in [1.807, 2.05) is 0 Å². The van der Waals surface area contributed by atoms with E-state index in [0.29, 0.717) is 5.92 Å². The molecule has 1 aromatic heterocycles. The number of carboxylic acid groups (broad SMARTS) is 1. The second kappa shape index (κ2) is 9.33. The van der Waals surface area contributed by atoms with E-state index in [9.17, 15) is 19.4 Å². The fraction of sp³-hybridized carbons (Fsp3) is 0.455. The molecule has 29 heavy (non-hydrogen) atoms. The molecule has 7 heteroatoms. The van der Waals surface area contributed by atoms with Gasteiger partial charge in [0.15, 0.2) is 0 Å². The molecule has 0 spiro atoms. The van der Waals surface area contributed by atoms with Gasteiger partial charge in [0.1, 0.15) is 5.82 Å². The van der Waals surface area contributed by atoms with Crippen LogP contribution in [0.25, 0.3) is 11.8 Å². The van der Waals surface area contributed by atoms with Crippen molar-refractivity contribution >= 4 is 12.0 Å². The van der Waals surface area contributed by atoms with E-state index >= 15 is 0 Å². The normalized spacial score (nSPS) is 18.6. The van der Waals surface area contributed by atoms with Crippen LogP contribution in [0.5, 0.6) is 0 Å². The molecule has 1 heterocycles. The maximum Gasteiger partial charge on any atom is 0.305 e. The lowest BCUT2D eigenvalue weighted by molar-refractivity contribution is -0.139. The molecule has 0 bridgehead atoms. The van der Waals surface area contributed by atoms with Crippen LogP contribution in [0, 0.1) is 5.82 Å². The second-order valence-corrected chi connectivity index (χ2v) is 7.55. The number of aliphatic hydroxyl groups is 2. The zero-order valence-corrected chi connectivity index (χ0v) is 16.5. The van der Waals surface area contributed by atoms with Crippen molar-refractivity contribution in [2.75, 3.05) is 0 Å². The lowest BCUT2D eigenvalue weighted by Crippen LogP contribution is -2.19. The molecule has 1 unspecified atom stereocenters. The lowest BCUT2D eigenvalue weighted by Gasteiger charge is -2.19. The molecule has 3 rings (SSSR count). The lowest BCUT2D eigenvalue weighted by atomic mass is 9.85. The Balaban J connectivity index is 1.92. The third kappa shape index (κ3) is 5.10. The number of aliphatic carboxylic acids is 1. The van der Waals surface area contributed by atoms with Gasteiger partial charge in [-0.05, 0) is 56.0 Å². The summed E-state index contributed by atoms with van der Waals surface area (Å²) < 4.78 is 15.1. The van der Waals surface area contributed by atoms with Gasteiger partial charge in [-0.3, -0.25) is 4.79 Å². The van der Waals surface area contributed by atoms with Crippen LogP contribution in [-0.2, 0) is 11.2 Å². The third-order valence-electron chi connectivity index (χ3n) is 5.38. The molecule has 0 fully saturated rings. The Morgan fingerprint density at radius 3 is 2.72 bits per heavy atom. The van der Waals surface area contributed by atoms with Crippen LogP contribution in [0.2, 0.25) is 0 Å². The Morgan fingerprint density at radius 1 is 1.34 bits per heavy atom. The summed E-state index contributed by atoms with van der Waals surface area (Å²) in [4.78, 5) is 10.7. The van der Waals surface area contributed by atoms with Gasteiger partial charge in [0.05, 0.1) is 35.7 Å². The van der Waals surface area contributed by atoms with Gasteiger partial charge < -0.3 is 15.3 Å². The molecule has 0 amide bonds. The Morgan fingerprint density at radius 2 is 2.07 bits per heavy atom. The molecule has 1 aliphatic rings. The number of aromatic nitrogens is 2. The van der Waals surface area contributed by atoms with Gasteiger partial charge in [-0.2, -0.15) is 5.10 Å². The van der Waals surface area contributed by atoms with Crippen LogP contribution in [0.4, 0.5) is 4.39 Å². The first-order chi connectivity index (χ1) is 13.9. The smallest absolute Gasteiger partial charge is 0.305 e. The van der Waals surface area contributed by atoms with Crippen molar-refractivity contribution < 1.29 is 24.5 Å². The summed E-state index contributed by atoms with van der Waals surface area (Å²) in [6.07, 6.45) is 4.75. The summed E-state index contributed by atoms with van der Waals surface area (Å²) in [6.45, 7) is 2.14. The maximum absolute atomic E-state index is 13.4. The Labute approximate surface area is 169 Å². The van der Waals surface area contributed by atoms with Gasteiger partial charge >= 0.3 is 5.97 Å². The Kier molecular flexibility index (Phi) is 6.82. The number of carboxylic acids is 1. The summed E-state index contributed by atoms with van der Waals surface area (Å²) in [5, 5.41) is 33.5. The van der Waals surface area contributed by atoms with Gasteiger partial charge in [0.25, 0.3) is 0 Å². The molecule has 2 aromatic rings. The molecule has 3 atom stereocenters. The monoisotopic (exact) mass is 402 g/mol. The van der Waals surface area contributed by atoms with Crippen molar-refractivity contribution in [3.63, 3.8) is 0 Å². The summed E-state index contributed by atoms with van der Waals surface area (Å²) in [6, 6.07) is 6.11. The van der Waals surface area contributed by atoms with Crippen molar-refractivity contribution in [2.45, 2.75) is 63.6 Å². The summed E-state index contributed by atoms with van der Waals surface area (Å²) >= 11 is 0. The SMILES string of the molecule is CCC1CCCc2c1nn(-c1ccc(F)cc1)c2/C=C/[C@@H](O)C[C@@H](O)CC(=O)O. The summed E-state index contributed by atoms with van der Waals surface area (Å²) in [5.41, 5.74) is 3.73. The van der Waals surface area contributed by atoms with Gasteiger partial charge in [-0.1, -0.05) is 13.0 Å². The molecular formula is C22H27FN2O4. The number of benzene rings is 1. The van der Waals surface area contributed by atoms with Crippen LogP contribution in [0.1, 0.15) is 61.9 Å². The van der Waals surface area contributed by atoms with Crippen LogP contribution >= 0.6 is 0 Å². The number of carbonyl (C=O) groups is 1. The standard InChI is InChI=1S/C22H27FN2O4/c1-2-14-4-3-5-19-20(11-10-17(26)12-18(27)13-21(28)29)25(24-22(14)19)16-8-6-15(23)7-9-16/h6-11,14,17-18,26-27H,2-5,12-13H2,1H3,(H,28,29)/b11-10+/t14?,17-,18-/m1/s1. The van der Waals surface area contributed by atoms with E-state index in [-0.39, 0.29) is 12.2 Å². The van der Waals surface area contributed by atoms with Crippen LogP contribution in [-0.4, -0.2) is 43.3 Å². The number of nitrogens with zero attached hydrogens (tertiary/aromatic N) is 2. The Hall–Kier alpha value is -2.51. The zero-order chi connectivity index (χ0) is 21.0. The number of rotatable bonds is 8. The number of fused-ring (bicyclic) bond motifs is 1. The van der Waals surface area contributed by atoms with Crippen LogP contribution in [0.15, 0.2) is 30.3 Å². The minimum absolute atomic E-state index is 0.0622. The molecule has 156 valence electrons. The molecule has 3 N–H and O–H groups in total. The molecule has 0 saturated heterocycles. The number of halogens is 1. The Bertz CT molecular complexity index is 876. The second-order valence-electron chi connectivity index (χ2n) is 7.55. The molecule has 0 aliphatic heterocycles. The van der Waals surface area contributed by atoms with E-state index in [0.717, 1.165) is 48.3 Å². The highest BCUT2D eigenvalue weighted by molar-refractivity contribution is 5.67. The number of hydrogen-bond acceptors (Lipinski definition) is 4. The molecule has 0 saturated carbocycles. The van der Waals surface area contributed by atoms with Crippen molar-refractivity contribution in [1.29, 1.82) is 0 Å². The predicted molar refractivity (Wildman–Crippen MR) is 107 cm³/mol. The zero-order valence-electron chi connectivity index (χ0n) is 16.5. The van der Waals surface area contributed by atoms with E-state index in [1.165, 1.54) is 12.1 Å². The average Bonchev–Trinajstić information content (AvgIpc) is 3.04. The first-order valence-corrected chi connectivity index (χ1v) is 10.0.